The molecule has 66 valence electrons. The van der Waals surface area contributed by atoms with E-state index >= 15 is 0 Å². The second-order valence-electron chi connectivity index (χ2n) is 2.36. The molecule has 2 N–H and O–H groups in total. The quantitative estimate of drug-likeness (QED) is 0.837. The van der Waals surface area contributed by atoms with E-state index in [1.807, 2.05) is 18.2 Å². The van der Waals surface area contributed by atoms with Crippen LogP contribution in [0.25, 0.3) is 0 Å². The van der Waals surface area contributed by atoms with Crippen LogP contribution in [0.15, 0.2) is 22.7 Å². The highest BCUT2D eigenvalue weighted by Gasteiger charge is 2.00. The molecule has 0 atom stereocenters. The van der Waals surface area contributed by atoms with E-state index in [4.69, 9.17) is 17.5 Å². The molecule has 0 radical (unpaired) electrons. The molecule has 0 bridgehead atoms. The molecule has 1 aromatic carbocycles. The van der Waals surface area contributed by atoms with Crippen molar-refractivity contribution in [3.63, 3.8) is 0 Å². The molecule has 4 heteroatoms. The molecule has 0 aliphatic heterocycles. The number of halogens is 2. The highest BCUT2D eigenvalue weighted by atomic mass is 79.9. The van der Waals surface area contributed by atoms with E-state index in [-0.39, 0.29) is 0 Å². The lowest BCUT2D eigenvalue weighted by Crippen LogP contribution is -2.03. The van der Waals surface area contributed by atoms with Crippen molar-refractivity contribution in [1.82, 2.24) is 0 Å². The third-order valence-corrected chi connectivity index (χ3v) is 2.36. The average Bonchev–Trinajstić information content (AvgIpc) is 2.07. The third kappa shape index (κ3) is 2.75. The van der Waals surface area contributed by atoms with Gasteiger partial charge in [-0.15, -0.1) is 0 Å². The number of rotatable bonds is 3. The minimum absolute atomic E-state index is 0.482. The molecule has 0 aliphatic rings. The van der Waals surface area contributed by atoms with Crippen LogP contribution in [0.5, 0.6) is 0 Å². The summed E-state index contributed by atoms with van der Waals surface area (Å²) in [5, 5.41) is 0.746. The standard InChI is InChI=1S/C8H9BrClNO/c9-7-1-2-8(10)6(5-7)3-4-12-11/h1-2,5H,3-4,11H2. The Morgan fingerprint density at radius 3 is 2.92 bits per heavy atom. The minimum atomic E-state index is 0.482. The molecule has 0 amide bonds. The van der Waals surface area contributed by atoms with E-state index in [0.717, 1.165) is 21.5 Å². The predicted molar refractivity (Wildman–Crippen MR) is 53.0 cm³/mol. The number of benzene rings is 1. The van der Waals surface area contributed by atoms with Crippen LogP contribution in [0.4, 0.5) is 0 Å². The second-order valence-corrected chi connectivity index (χ2v) is 3.68. The zero-order valence-corrected chi connectivity index (χ0v) is 8.73. The topological polar surface area (TPSA) is 35.2 Å². The van der Waals surface area contributed by atoms with Gasteiger partial charge in [0.05, 0.1) is 6.61 Å². The zero-order valence-electron chi connectivity index (χ0n) is 6.39. The molecular formula is C8H9BrClNO. The molecular weight excluding hydrogens is 241 g/mol. The molecule has 0 aromatic heterocycles. The van der Waals surface area contributed by atoms with Crippen molar-refractivity contribution in [2.24, 2.45) is 5.90 Å². The first kappa shape index (κ1) is 9.99. The lowest BCUT2D eigenvalue weighted by molar-refractivity contribution is 0.141. The Hall–Kier alpha value is -0.0900. The van der Waals surface area contributed by atoms with Gasteiger partial charge in [0.15, 0.2) is 0 Å². The molecule has 12 heavy (non-hydrogen) atoms. The van der Waals surface area contributed by atoms with E-state index in [2.05, 4.69) is 20.8 Å². The Labute approximate surface area is 84.7 Å². The lowest BCUT2D eigenvalue weighted by Gasteiger charge is -2.03. The monoisotopic (exact) mass is 249 g/mol. The van der Waals surface area contributed by atoms with Gasteiger partial charge in [-0.2, -0.15) is 0 Å². The summed E-state index contributed by atoms with van der Waals surface area (Å²) in [6.45, 7) is 0.482. The molecule has 0 fully saturated rings. The van der Waals surface area contributed by atoms with Crippen LogP contribution in [0, 0.1) is 0 Å². The van der Waals surface area contributed by atoms with E-state index in [1.165, 1.54) is 0 Å². The fraction of sp³-hybridized carbons (Fsp3) is 0.250. The highest BCUT2D eigenvalue weighted by molar-refractivity contribution is 9.10. The van der Waals surface area contributed by atoms with Crippen molar-refractivity contribution in [3.05, 3.63) is 33.3 Å². The third-order valence-electron chi connectivity index (χ3n) is 1.50. The van der Waals surface area contributed by atoms with E-state index in [0.29, 0.717) is 6.61 Å². The molecule has 0 saturated heterocycles. The number of hydrogen-bond donors (Lipinski definition) is 1. The van der Waals surface area contributed by atoms with Crippen LogP contribution < -0.4 is 5.90 Å². The van der Waals surface area contributed by atoms with Crippen molar-refractivity contribution >= 4 is 27.5 Å². The van der Waals surface area contributed by atoms with Crippen LogP contribution in [-0.4, -0.2) is 6.61 Å². The summed E-state index contributed by atoms with van der Waals surface area (Å²) >= 11 is 9.27. The average molecular weight is 251 g/mol. The van der Waals surface area contributed by atoms with Gasteiger partial charge in [-0.1, -0.05) is 27.5 Å². The van der Waals surface area contributed by atoms with Crippen molar-refractivity contribution in [2.75, 3.05) is 6.61 Å². The predicted octanol–water partition coefficient (Wildman–Crippen LogP) is 2.54. The normalized spacial score (nSPS) is 10.2. The summed E-state index contributed by atoms with van der Waals surface area (Å²) in [6, 6.07) is 5.70. The highest BCUT2D eigenvalue weighted by Crippen LogP contribution is 2.21. The van der Waals surface area contributed by atoms with Crippen LogP contribution in [0.1, 0.15) is 5.56 Å². The van der Waals surface area contributed by atoms with Gasteiger partial charge >= 0.3 is 0 Å². The molecule has 1 aromatic rings. The summed E-state index contributed by atoms with van der Waals surface area (Å²) in [6.07, 6.45) is 0.731. The van der Waals surface area contributed by atoms with Crippen LogP contribution in [0.3, 0.4) is 0 Å². The maximum absolute atomic E-state index is 5.91. The number of nitrogens with two attached hydrogens (primary N) is 1. The maximum atomic E-state index is 5.91. The molecule has 0 aliphatic carbocycles. The van der Waals surface area contributed by atoms with Gasteiger partial charge in [-0.3, -0.25) is 0 Å². The molecule has 0 heterocycles. The summed E-state index contributed by atoms with van der Waals surface area (Å²) in [5.74, 6) is 4.91. The Bertz CT molecular complexity index is 267. The van der Waals surface area contributed by atoms with Crippen LogP contribution >= 0.6 is 27.5 Å². The molecule has 0 spiro atoms. The first-order valence-corrected chi connectivity index (χ1v) is 4.66. The van der Waals surface area contributed by atoms with E-state index in [1.54, 1.807) is 0 Å². The maximum Gasteiger partial charge on any atom is 0.0720 e. The first-order chi connectivity index (χ1) is 5.74. The zero-order chi connectivity index (χ0) is 8.97. The minimum Gasteiger partial charge on any atom is -0.304 e. The Morgan fingerprint density at radius 2 is 2.25 bits per heavy atom. The fourth-order valence-corrected chi connectivity index (χ4v) is 1.52. The molecule has 1 rings (SSSR count). The van der Waals surface area contributed by atoms with Gasteiger partial charge in [-0.25, -0.2) is 5.90 Å². The summed E-state index contributed by atoms with van der Waals surface area (Å²) in [4.78, 5) is 4.47. The van der Waals surface area contributed by atoms with Gasteiger partial charge in [0, 0.05) is 9.50 Å². The van der Waals surface area contributed by atoms with Gasteiger partial charge in [0.2, 0.25) is 0 Å². The number of hydrogen-bond acceptors (Lipinski definition) is 2. The SMILES string of the molecule is NOCCc1cc(Br)ccc1Cl. The van der Waals surface area contributed by atoms with Gasteiger partial charge in [0.1, 0.15) is 0 Å². The molecule has 2 nitrogen and oxygen atoms in total. The van der Waals surface area contributed by atoms with Crippen LogP contribution in [0.2, 0.25) is 5.02 Å². The van der Waals surface area contributed by atoms with E-state index in [9.17, 15) is 0 Å². The van der Waals surface area contributed by atoms with Crippen molar-refractivity contribution in [1.29, 1.82) is 0 Å². The van der Waals surface area contributed by atoms with Gasteiger partial charge in [0.25, 0.3) is 0 Å². The smallest absolute Gasteiger partial charge is 0.0720 e. The van der Waals surface area contributed by atoms with E-state index < -0.39 is 0 Å². The Balaban J connectivity index is 2.75. The molecule has 0 unspecified atom stereocenters. The largest absolute Gasteiger partial charge is 0.304 e. The summed E-state index contributed by atoms with van der Waals surface area (Å²) in [5.41, 5.74) is 1.04. The van der Waals surface area contributed by atoms with Crippen molar-refractivity contribution in [3.8, 4) is 0 Å². The second kappa shape index (κ2) is 4.82. The summed E-state index contributed by atoms with van der Waals surface area (Å²) < 4.78 is 1.01. The Kier molecular flexibility index (Phi) is 4.01. The molecule has 0 saturated carbocycles. The van der Waals surface area contributed by atoms with Crippen LogP contribution in [-0.2, 0) is 11.3 Å². The van der Waals surface area contributed by atoms with Gasteiger partial charge < -0.3 is 4.84 Å². The first-order valence-electron chi connectivity index (χ1n) is 3.49. The van der Waals surface area contributed by atoms with Crippen molar-refractivity contribution in [2.45, 2.75) is 6.42 Å². The van der Waals surface area contributed by atoms with Crippen molar-refractivity contribution < 1.29 is 4.84 Å². The fourth-order valence-electron chi connectivity index (χ4n) is 0.904. The lowest BCUT2D eigenvalue weighted by atomic mass is 10.2. The van der Waals surface area contributed by atoms with Gasteiger partial charge in [-0.05, 0) is 30.2 Å². The summed E-state index contributed by atoms with van der Waals surface area (Å²) in [7, 11) is 0. The Morgan fingerprint density at radius 1 is 1.50 bits per heavy atom.